The minimum absolute atomic E-state index is 0.693. The van der Waals surface area contributed by atoms with Crippen molar-refractivity contribution in [3.8, 4) is 11.5 Å². The molecule has 0 radical (unpaired) electrons. The van der Waals surface area contributed by atoms with Crippen LogP contribution in [0.1, 0.15) is 19.3 Å². The highest BCUT2D eigenvalue weighted by Gasteiger charge is 2.13. The normalized spacial score (nSPS) is 15.4. The largest absolute Gasteiger partial charge is 0.493 e. The Hall–Kier alpha value is -2.34. The monoisotopic (exact) mass is 326 g/mol. The fourth-order valence-electron chi connectivity index (χ4n) is 3.39. The van der Waals surface area contributed by atoms with E-state index >= 15 is 0 Å². The van der Waals surface area contributed by atoms with Gasteiger partial charge in [0.1, 0.15) is 6.33 Å². The second-order valence-corrected chi connectivity index (χ2v) is 6.21. The zero-order valence-corrected chi connectivity index (χ0v) is 13.9. The number of likely N-dealkylation sites (tertiary alicyclic amines) is 1. The highest BCUT2D eigenvalue weighted by atomic mass is 16.5. The van der Waals surface area contributed by atoms with Crippen LogP contribution in [-0.2, 0) is 0 Å². The van der Waals surface area contributed by atoms with Crippen LogP contribution in [0.2, 0.25) is 0 Å². The molecule has 1 aromatic carbocycles. The van der Waals surface area contributed by atoms with E-state index in [9.17, 15) is 0 Å². The molecule has 1 saturated heterocycles. The molecular weight excluding hydrogens is 304 g/mol. The van der Waals surface area contributed by atoms with Gasteiger partial charge in [0.25, 0.3) is 0 Å². The van der Waals surface area contributed by atoms with E-state index in [4.69, 9.17) is 9.47 Å². The standard InChI is InChI=1S/C18H22N4O2/c1-23-16-9-13-14(21-15-11-19-12-20-18(13)15)10-17(16)24-8-4-7-22-5-2-3-6-22/h9-12,21H,2-8H2,1H3. The van der Waals surface area contributed by atoms with Gasteiger partial charge in [-0.15, -0.1) is 0 Å². The van der Waals surface area contributed by atoms with Crippen molar-refractivity contribution in [3.05, 3.63) is 24.7 Å². The molecule has 0 unspecified atom stereocenters. The fraction of sp³-hybridized carbons (Fsp3) is 0.444. The summed E-state index contributed by atoms with van der Waals surface area (Å²) >= 11 is 0. The molecule has 1 fully saturated rings. The molecule has 0 bridgehead atoms. The Morgan fingerprint density at radius 1 is 1.17 bits per heavy atom. The topological polar surface area (TPSA) is 63.3 Å². The van der Waals surface area contributed by atoms with Crippen LogP contribution in [0.5, 0.6) is 11.5 Å². The number of nitrogens with one attached hydrogen (secondary N) is 1. The van der Waals surface area contributed by atoms with Crippen LogP contribution in [0, 0.1) is 0 Å². The molecule has 0 amide bonds. The highest BCUT2D eigenvalue weighted by molar-refractivity contribution is 6.05. The first-order valence-electron chi connectivity index (χ1n) is 8.50. The summed E-state index contributed by atoms with van der Waals surface area (Å²) in [4.78, 5) is 14.2. The summed E-state index contributed by atoms with van der Waals surface area (Å²) in [7, 11) is 1.67. The Kier molecular flexibility index (Phi) is 4.21. The third kappa shape index (κ3) is 2.89. The van der Waals surface area contributed by atoms with Crippen molar-refractivity contribution >= 4 is 21.9 Å². The molecule has 6 nitrogen and oxygen atoms in total. The van der Waals surface area contributed by atoms with Gasteiger partial charge in [0.15, 0.2) is 11.5 Å². The van der Waals surface area contributed by atoms with Gasteiger partial charge in [0.05, 0.1) is 36.5 Å². The average Bonchev–Trinajstić information content (AvgIpc) is 3.25. The maximum absolute atomic E-state index is 5.98. The van der Waals surface area contributed by atoms with E-state index in [-0.39, 0.29) is 0 Å². The molecule has 24 heavy (non-hydrogen) atoms. The number of hydrogen-bond donors (Lipinski definition) is 1. The van der Waals surface area contributed by atoms with E-state index in [2.05, 4.69) is 19.9 Å². The molecule has 2 aromatic heterocycles. The quantitative estimate of drug-likeness (QED) is 0.706. The van der Waals surface area contributed by atoms with Gasteiger partial charge in [-0.1, -0.05) is 0 Å². The number of methoxy groups -OCH3 is 1. The van der Waals surface area contributed by atoms with E-state index in [0.717, 1.165) is 46.4 Å². The van der Waals surface area contributed by atoms with Gasteiger partial charge in [-0.3, -0.25) is 0 Å². The molecule has 126 valence electrons. The zero-order chi connectivity index (χ0) is 16.4. The first kappa shape index (κ1) is 15.2. The van der Waals surface area contributed by atoms with E-state index in [0.29, 0.717) is 6.61 Å². The van der Waals surface area contributed by atoms with E-state index < -0.39 is 0 Å². The third-order valence-corrected chi connectivity index (χ3v) is 4.62. The Morgan fingerprint density at radius 2 is 2.04 bits per heavy atom. The molecule has 1 aliphatic rings. The number of H-pyrrole nitrogens is 1. The van der Waals surface area contributed by atoms with Crippen molar-refractivity contribution < 1.29 is 9.47 Å². The van der Waals surface area contributed by atoms with Gasteiger partial charge < -0.3 is 19.4 Å². The van der Waals surface area contributed by atoms with Gasteiger partial charge in [-0.25, -0.2) is 9.97 Å². The maximum atomic E-state index is 5.98. The van der Waals surface area contributed by atoms with Gasteiger partial charge >= 0.3 is 0 Å². The molecule has 0 atom stereocenters. The van der Waals surface area contributed by atoms with Crippen LogP contribution in [-0.4, -0.2) is 53.2 Å². The summed E-state index contributed by atoms with van der Waals surface area (Å²) in [6, 6.07) is 3.97. The van der Waals surface area contributed by atoms with Crippen LogP contribution >= 0.6 is 0 Å². The molecule has 6 heteroatoms. The summed E-state index contributed by atoms with van der Waals surface area (Å²) in [6.07, 6.45) is 7.03. The minimum atomic E-state index is 0.693. The van der Waals surface area contributed by atoms with E-state index in [1.165, 1.54) is 25.9 Å². The Bertz CT molecular complexity index is 840. The number of benzene rings is 1. The fourth-order valence-corrected chi connectivity index (χ4v) is 3.39. The number of nitrogens with zero attached hydrogens (tertiary/aromatic N) is 3. The minimum Gasteiger partial charge on any atom is -0.493 e. The Labute approximate surface area is 140 Å². The van der Waals surface area contributed by atoms with Crippen molar-refractivity contribution in [1.82, 2.24) is 19.9 Å². The summed E-state index contributed by atoms with van der Waals surface area (Å²) in [5.74, 6) is 1.51. The number of hydrogen-bond acceptors (Lipinski definition) is 5. The van der Waals surface area contributed by atoms with Gasteiger partial charge in [-0.05, 0) is 38.4 Å². The molecule has 0 saturated carbocycles. The molecule has 4 rings (SSSR count). The SMILES string of the molecule is COc1cc2c(cc1OCCCN1CCCC1)[nH]c1cncnc12. The second kappa shape index (κ2) is 6.65. The molecule has 0 aliphatic carbocycles. The van der Waals surface area contributed by atoms with E-state index in [1.54, 1.807) is 19.6 Å². The summed E-state index contributed by atoms with van der Waals surface area (Å²) in [5.41, 5.74) is 2.81. The van der Waals surface area contributed by atoms with Gasteiger partial charge in [-0.2, -0.15) is 0 Å². The van der Waals surface area contributed by atoms with Crippen molar-refractivity contribution in [2.75, 3.05) is 33.4 Å². The average molecular weight is 326 g/mol. The van der Waals surface area contributed by atoms with E-state index in [1.807, 2.05) is 12.1 Å². The second-order valence-electron chi connectivity index (χ2n) is 6.21. The number of aromatic nitrogens is 3. The lowest BCUT2D eigenvalue weighted by Crippen LogP contribution is -2.21. The summed E-state index contributed by atoms with van der Waals surface area (Å²) < 4.78 is 11.5. The number of aromatic amines is 1. The van der Waals surface area contributed by atoms with Crippen LogP contribution in [0.3, 0.4) is 0 Å². The highest BCUT2D eigenvalue weighted by Crippen LogP contribution is 2.35. The van der Waals surface area contributed by atoms with Crippen molar-refractivity contribution in [3.63, 3.8) is 0 Å². The van der Waals surface area contributed by atoms with Crippen LogP contribution < -0.4 is 9.47 Å². The maximum Gasteiger partial charge on any atom is 0.163 e. The predicted octanol–water partition coefficient (Wildman–Crippen LogP) is 2.98. The van der Waals surface area contributed by atoms with Gasteiger partial charge in [0, 0.05) is 18.0 Å². The summed E-state index contributed by atoms with van der Waals surface area (Å²) in [5, 5.41) is 1.02. The van der Waals surface area contributed by atoms with Gasteiger partial charge in [0.2, 0.25) is 0 Å². The Morgan fingerprint density at radius 3 is 2.88 bits per heavy atom. The van der Waals surface area contributed by atoms with Crippen molar-refractivity contribution in [1.29, 1.82) is 0 Å². The number of fused-ring (bicyclic) bond motifs is 3. The predicted molar refractivity (Wildman–Crippen MR) is 93.7 cm³/mol. The zero-order valence-electron chi connectivity index (χ0n) is 13.9. The first-order chi connectivity index (χ1) is 11.8. The molecule has 1 N–H and O–H groups in total. The molecule has 0 spiro atoms. The lowest BCUT2D eigenvalue weighted by Gasteiger charge is -2.15. The van der Waals surface area contributed by atoms with Crippen LogP contribution in [0.4, 0.5) is 0 Å². The first-order valence-corrected chi connectivity index (χ1v) is 8.50. The lowest BCUT2D eigenvalue weighted by atomic mass is 10.2. The van der Waals surface area contributed by atoms with Crippen LogP contribution in [0.25, 0.3) is 21.9 Å². The number of ether oxygens (including phenoxy) is 2. The molecule has 1 aliphatic heterocycles. The number of rotatable bonds is 6. The summed E-state index contributed by atoms with van der Waals surface area (Å²) in [6.45, 7) is 4.25. The van der Waals surface area contributed by atoms with Crippen molar-refractivity contribution in [2.24, 2.45) is 0 Å². The Balaban J connectivity index is 1.52. The van der Waals surface area contributed by atoms with Crippen LogP contribution in [0.15, 0.2) is 24.7 Å². The molecular formula is C18H22N4O2. The molecule has 3 heterocycles. The third-order valence-electron chi connectivity index (χ3n) is 4.62. The lowest BCUT2D eigenvalue weighted by molar-refractivity contribution is 0.254. The molecule has 3 aromatic rings. The smallest absolute Gasteiger partial charge is 0.163 e. The van der Waals surface area contributed by atoms with Crippen molar-refractivity contribution in [2.45, 2.75) is 19.3 Å².